The first kappa shape index (κ1) is 20.1. The number of carbonyl (C=O) groups is 2. The van der Waals surface area contributed by atoms with Crippen LogP contribution in [0, 0.1) is 6.92 Å². The predicted octanol–water partition coefficient (Wildman–Crippen LogP) is 5.65. The van der Waals surface area contributed by atoms with Crippen molar-refractivity contribution in [1.82, 2.24) is 5.32 Å². The highest BCUT2D eigenvalue weighted by Gasteiger charge is 2.43. The predicted molar refractivity (Wildman–Crippen MR) is 119 cm³/mol. The van der Waals surface area contributed by atoms with Gasteiger partial charge in [0.2, 0.25) is 0 Å². The summed E-state index contributed by atoms with van der Waals surface area (Å²) in [6, 6.07) is 11.2. The summed E-state index contributed by atoms with van der Waals surface area (Å²) in [5.41, 5.74) is 2.51. The lowest BCUT2D eigenvalue weighted by molar-refractivity contribution is 0.0454. The summed E-state index contributed by atoms with van der Waals surface area (Å²) in [4.78, 5) is 25.9. The summed E-state index contributed by atoms with van der Waals surface area (Å²) >= 11 is 5.91. The highest BCUT2D eigenvalue weighted by Crippen LogP contribution is 2.46. The van der Waals surface area contributed by atoms with E-state index in [0.717, 1.165) is 31.2 Å². The van der Waals surface area contributed by atoms with Crippen molar-refractivity contribution in [3.63, 3.8) is 0 Å². The zero-order valence-corrected chi connectivity index (χ0v) is 18.2. The van der Waals surface area contributed by atoms with Crippen LogP contribution in [0.3, 0.4) is 0 Å². The van der Waals surface area contributed by atoms with Crippen molar-refractivity contribution in [3.8, 4) is 5.75 Å². The van der Waals surface area contributed by atoms with Crippen molar-refractivity contribution in [3.05, 3.63) is 63.9 Å². The lowest BCUT2D eigenvalue weighted by atomic mass is 9.87. The molecular formula is C25H24ClNO4. The highest BCUT2D eigenvalue weighted by molar-refractivity contribution is 6.30. The molecule has 1 N–H and O–H groups in total. The number of fused-ring (bicyclic) bond motifs is 3. The van der Waals surface area contributed by atoms with Gasteiger partial charge in [0.1, 0.15) is 16.9 Å². The SMILES string of the molecule is Cc1c(C(=O)NCCc2ccc(Cl)cc2)oc2ccc3c(c12)C(=O)CC1(CCCC1)O3. The van der Waals surface area contributed by atoms with Crippen molar-refractivity contribution in [2.24, 2.45) is 0 Å². The maximum atomic E-state index is 13.1. The fraction of sp³-hybridized carbons (Fsp3) is 0.360. The molecule has 1 fully saturated rings. The fourth-order valence-electron chi connectivity index (χ4n) is 4.90. The number of nitrogens with one attached hydrogen (secondary N) is 1. The van der Waals surface area contributed by atoms with E-state index in [1.807, 2.05) is 31.2 Å². The Morgan fingerprint density at radius 2 is 1.87 bits per heavy atom. The van der Waals surface area contributed by atoms with Crippen LogP contribution in [-0.2, 0) is 6.42 Å². The van der Waals surface area contributed by atoms with Crippen molar-refractivity contribution in [2.75, 3.05) is 6.54 Å². The zero-order valence-electron chi connectivity index (χ0n) is 17.4. The molecular weight excluding hydrogens is 414 g/mol. The van der Waals surface area contributed by atoms with E-state index in [2.05, 4.69) is 5.32 Å². The summed E-state index contributed by atoms with van der Waals surface area (Å²) in [5, 5.41) is 4.29. The van der Waals surface area contributed by atoms with Gasteiger partial charge >= 0.3 is 0 Å². The quantitative estimate of drug-likeness (QED) is 0.573. The first-order valence-electron chi connectivity index (χ1n) is 10.8. The smallest absolute Gasteiger partial charge is 0.287 e. The molecule has 6 heteroatoms. The molecule has 3 aromatic rings. The summed E-state index contributed by atoms with van der Waals surface area (Å²) in [6.07, 6.45) is 5.11. The van der Waals surface area contributed by atoms with Gasteiger partial charge in [0.25, 0.3) is 5.91 Å². The number of ether oxygens (including phenoxy) is 1. The Kier molecular flexibility index (Phi) is 5.01. The number of rotatable bonds is 4. The molecule has 2 aromatic carbocycles. The average Bonchev–Trinajstić information content (AvgIpc) is 3.33. The van der Waals surface area contributed by atoms with E-state index < -0.39 is 0 Å². The van der Waals surface area contributed by atoms with Crippen LogP contribution in [0.2, 0.25) is 5.02 Å². The molecule has 160 valence electrons. The Labute approximate surface area is 185 Å². The van der Waals surface area contributed by atoms with Gasteiger partial charge < -0.3 is 14.5 Å². The number of ketones is 1. The van der Waals surface area contributed by atoms with Crippen LogP contribution in [0.5, 0.6) is 5.75 Å². The molecule has 1 aromatic heterocycles. The summed E-state index contributed by atoms with van der Waals surface area (Å²) in [6.45, 7) is 2.30. The van der Waals surface area contributed by atoms with E-state index in [4.69, 9.17) is 20.8 Å². The summed E-state index contributed by atoms with van der Waals surface area (Å²) in [5.74, 6) is 0.651. The number of halogens is 1. The molecule has 1 aliphatic heterocycles. The molecule has 0 unspecified atom stereocenters. The van der Waals surface area contributed by atoms with Crippen molar-refractivity contribution in [1.29, 1.82) is 0 Å². The van der Waals surface area contributed by atoms with Crippen molar-refractivity contribution >= 4 is 34.3 Å². The minimum absolute atomic E-state index is 0.0762. The second-order valence-corrected chi connectivity index (χ2v) is 9.03. The van der Waals surface area contributed by atoms with E-state index in [-0.39, 0.29) is 23.1 Å². The Hall–Kier alpha value is -2.79. The highest BCUT2D eigenvalue weighted by atomic mass is 35.5. The molecule has 2 heterocycles. The second-order valence-electron chi connectivity index (χ2n) is 8.59. The molecule has 0 saturated heterocycles. The van der Waals surface area contributed by atoms with E-state index in [1.54, 1.807) is 12.1 Å². The third-order valence-corrected chi connectivity index (χ3v) is 6.73. The number of hydrogen-bond acceptors (Lipinski definition) is 4. The van der Waals surface area contributed by atoms with E-state index in [9.17, 15) is 9.59 Å². The Bertz CT molecular complexity index is 1170. The lowest BCUT2D eigenvalue weighted by Crippen LogP contribution is -2.39. The van der Waals surface area contributed by atoms with Gasteiger partial charge in [-0.05, 0) is 68.9 Å². The van der Waals surface area contributed by atoms with Crippen molar-refractivity contribution in [2.45, 2.75) is 51.0 Å². The van der Waals surface area contributed by atoms with Crippen LogP contribution in [0.15, 0.2) is 40.8 Å². The molecule has 5 rings (SSSR count). The second kappa shape index (κ2) is 7.72. The zero-order chi connectivity index (χ0) is 21.6. The number of furan rings is 1. The number of hydrogen-bond donors (Lipinski definition) is 1. The number of benzene rings is 2. The summed E-state index contributed by atoms with van der Waals surface area (Å²) in [7, 11) is 0. The molecule has 1 amide bonds. The van der Waals surface area contributed by atoms with Crippen LogP contribution in [-0.4, -0.2) is 23.8 Å². The van der Waals surface area contributed by atoms with Crippen LogP contribution >= 0.6 is 11.6 Å². The first-order valence-corrected chi connectivity index (χ1v) is 11.1. The van der Waals surface area contributed by atoms with Gasteiger partial charge in [-0.2, -0.15) is 0 Å². The van der Waals surface area contributed by atoms with E-state index >= 15 is 0 Å². The minimum atomic E-state index is -0.350. The molecule has 0 atom stereocenters. The minimum Gasteiger partial charge on any atom is -0.486 e. The summed E-state index contributed by atoms with van der Waals surface area (Å²) < 4.78 is 12.2. The number of amides is 1. The largest absolute Gasteiger partial charge is 0.486 e. The molecule has 0 radical (unpaired) electrons. The monoisotopic (exact) mass is 437 g/mol. The van der Waals surface area contributed by atoms with Crippen LogP contribution in [0.4, 0.5) is 0 Å². The lowest BCUT2D eigenvalue weighted by Gasteiger charge is -2.34. The molecule has 31 heavy (non-hydrogen) atoms. The van der Waals surface area contributed by atoms with E-state index in [1.165, 1.54) is 0 Å². The van der Waals surface area contributed by atoms with Crippen LogP contribution < -0.4 is 10.1 Å². The van der Waals surface area contributed by atoms with Gasteiger partial charge in [-0.15, -0.1) is 0 Å². The number of Topliss-reactive ketones (excluding diaryl/α,β-unsaturated/α-hetero) is 1. The Balaban J connectivity index is 1.39. The molecule has 5 nitrogen and oxygen atoms in total. The van der Waals surface area contributed by atoms with Gasteiger partial charge in [0.05, 0.1) is 12.0 Å². The fourth-order valence-corrected chi connectivity index (χ4v) is 5.03. The maximum Gasteiger partial charge on any atom is 0.287 e. The average molecular weight is 438 g/mol. The Morgan fingerprint density at radius 1 is 1.13 bits per heavy atom. The van der Waals surface area contributed by atoms with Gasteiger partial charge in [-0.25, -0.2) is 0 Å². The van der Waals surface area contributed by atoms with Crippen molar-refractivity contribution < 1.29 is 18.7 Å². The first-order chi connectivity index (χ1) is 15.0. The topological polar surface area (TPSA) is 68.5 Å². The van der Waals surface area contributed by atoms with Crippen LogP contribution in [0.25, 0.3) is 11.0 Å². The maximum absolute atomic E-state index is 13.1. The molecule has 1 spiro atoms. The molecule has 1 aliphatic carbocycles. The molecule has 2 aliphatic rings. The standard InChI is InChI=1S/C25H24ClNO4/c1-15-21-19(8-9-20-22(21)18(28)14-25(31-20)11-2-3-12-25)30-23(15)24(29)27-13-10-16-4-6-17(26)7-5-16/h4-9H,2-3,10-14H2,1H3,(H,27,29). The molecule has 1 saturated carbocycles. The van der Waals surface area contributed by atoms with Gasteiger partial charge in [0.15, 0.2) is 11.5 Å². The Morgan fingerprint density at radius 3 is 2.61 bits per heavy atom. The third-order valence-electron chi connectivity index (χ3n) is 6.48. The molecule has 0 bridgehead atoms. The van der Waals surface area contributed by atoms with Gasteiger partial charge in [-0.1, -0.05) is 23.7 Å². The van der Waals surface area contributed by atoms with Gasteiger partial charge in [0, 0.05) is 22.5 Å². The third kappa shape index (κ3) is 3.61. The normalized spacial score (nSPS) is 17.0. The van der Waals surface area contributed by atoms with E-state index in [0.29, 0.717) is 52.3 Å². The van der Waals surface area contributed by atoms with Crippen LogP contribution in [0.1, 0.15) is 64.1 Å². The number of carbonyl (C=O) groups excluding carboxylic acids is 2. The van der Waals surface area contributed by atoms with Gasteiger partial charge in [-0.3, -0.25) is 9.59 Å². The number of aryl methyl sites for hydroxylation is 1.